The lowest BCUT2D eigenvalue weighted by Gasteiger charge is -2.49. The van der Waals surface area contributed by atoms with Crippen molar-refractivity contribution in [3.8, 4) is 5.75 Å². The van der Waals surface area contributed by atoms with E-state index in [1.807, 2.05) is 20.8 Å². The molecule has 1 atom stereocenters. The summed E-state index contributed by atoms with van der Waals surface area (Å²) in [6.45, 7) is 6.79. The van der Waals surface area contributed by atoms with Gasteiger partial charge in [-0.25, -0.2) is 0 Å². The highest BCUT2D eigenvalue weighted by atomic mass is 16.6. The second kappa shape index (κ2) is 5.92. The zero-order valence-electron chi connectivity index (χ0n) is 16.0. The Balaban J connectivity index is 1.83. The van der Waals surface area contributed by atoms with E-state index in [1.54, 1.807) is 24.3 Å². The summed E-state index contributed by atoms with van der Waals surface area (Å²) in [6, 6.07) is 9.64. The minimum Gasteiger partial charge on any atom is -0.467 e. The first-order valence-electron chi connectivity index (χ1n) is 9.24. The third-order valence-electron chi connectivity index (χ3n) is 6.15. The topological polar surface area (TPSA) is 98.8 Å². The fourth-order valence-electron chi connectivity index (χ4n) is 4.68. The standard InChI is InChI=1S/C20H21N3O5/c1-4-21-17-7-5-15(23(26)27)12-16(17)19(2,3)20(21)10-9-13-11-14(22(24)25)6-8-18(13)28-20/h5-8,11-12H,4,9-10H2,1-3H3. The highest BCUT2D eigenvalue weighted by Crippen LogP contribution is 2.56. The first-order valence-corrected chi connectivity index (χ1v) is 9.24. The molecule has 28 heavy (non-hydrogen) atoms. The molecule has 2 aromatic carbocycles. The molecule has 1 spiro atoms. The molecule has 0 saturated heterocycles. The van der Waals surface area contributed by atoms with Crippen molar-refractivity contribution in [1.82, 2.24) is 0 Å². The van der Waals surface area contributed by atoms with E-state index < -0.39 is 16.1 Å². The number of likely N-dealkylation sites (N-methyl/N-ethyl adjacent to an activating group) is 1. The molecule has 2 heterocycles. The second-order valence-electron chi connectivity index (χ2n) is 7.76. The summed E-state index contributed by atoms with van der Waals surface area (Å²) < 4.78 is 6.55. The number of rotatable bonds is 3. The number of benzene rings is 2. The van der Waals surface area contributed by atoms with Crippen LogP contribution in [0.4, 0.5) is 17.1 Å². The summed E-state index contributed by atoms with van der Waals surface area (Å²) in [5.41, 5.74) is 1.53. The second-order valence-corrected chi connectivity index (χ2v) is 7.76. The number of ether oxygens (including phenoxy) is 1. The Labute approximate surface area is 162 Å². The van der Waals surface area contributed by atoms with Gasteiger partial charge in [0, 0.05) is 48.5 Å². The average molecular weight is 383 g/mol. The van der Waals surface area contributed by atoms with Crippen LogP contribution in [0.1, 0.15) is 38.3 Å². The van der Waals surface area contributed by atoms with E-state index in [2.05, 4.69) is 4.90 Å². The molecular formula is C20H21N3O5. The van der Waals surface area contributed by atoms with Crippen LogP contribution < -0.4 is 9.64 Å². The molecule has 2 aliphatic rings. The molecule has 8 nitrogen and oxygen atoms in total. The van der Waals surface area contributed by atoms with Gasteiger partial charge < -0.3 is 9.64 Å². The lowest BCUT2D eigenvalue weighted by molar-refractivity contribution is -0.385. The van der Waals surface area contributed by atoms with Crippen molar-refractivity contribution in [1.29, 1.82) is 0 Å². The highest BCUT2D eigenvalue weighted by Gasteiger charge is 2.60. The molecule has 0 amide bonds. The molecule has 0 radical (unpaired) electrons. The maximum absolute atomic E-state index is 11.3. The molecule has 2 aliphatic heterocycles. The Bertz CT molecular complexity index is 1000. The summed E-state index contributed by atoms with van der Waals surface area (Å²) in [5.74, 6) is 0.630. The van der Waals surface area contributed by atoms with E-state index in [-0.39, 0.29) is 16.3 Å². The lowest BCUT2D eigenvalue weighted by atomic mass is 9.74. The molecule has 0 saturated carbocycles. The fourth-order valence-corrected chi connectivity index (χ4v) is 4.68. The van der Waals surface area contributed by atoms with Crippen molar-refractivity contribution in [2.45, 2.75) is 44.8 Å². The summed E-state index contributed by atoms with van der Waals surface area (Å²) in [7, 11) is 0. The molecule has 0 N–H and O–H groups in total. The van der Waals surface area contributed by atoms with E-state index in [0.29, 0.717) is 25.1 Å². The maximum atomic E-state index is 11.3. The third-order valence-corrected chi connectivity index (χ3v) is 6.15. The Hall–Kier alpha value is -3.16. The third kappa shape index (κ3) is 2.30. The van der Waals surface area contributed by atoms with Gasteiger partial charge in [-0.1, -0.05) is 0 Å². The molecule has 0 fully saturated rings. The maximum Gasteiger partial charge on any atom is 0.269 e. The largest absolute Gasteiger partial charge is 0.467 e. The van der Waals surface area contributed by atoms with Gasteiger partial charge in [0.05, 0.1) is 15.3 Å². The summed E-state index contributed by atoms with van der Waals surface area (Å²) >= 11 is 0. The Morgan fingerprint density at radius 3 is 2.36 bits per heavy atom. The summed E-state index contributed by atoms with van der Waals surface area (Å²) in [4.78, 5) is 23.7. The van der Waals surface area contributed by atoms with Crippen molar-refractivity contribution in [2.24, 2.45) is 0 Å². The van der Waals surface area contributed by atoms with Crippen LogP contribution in [-0.2, 0) is 11.8 Å². The fraction of sp³-hybridized carbons (Fsp3) is 0.400. The van der Waals surface area contributed by atoms with Gasteiger partial charge in [0.2, 0.25) is 0 Å². The molecule has 2 aromatic rings. The highest BCUT2D eigenvalue weighted by molar-refractivity contribution is 5.69. The van der Waals surface area contributed by atoms with E-state index in [4.69, 9.17) is 4.74 Å². The van der Waals surface area contributed by atoms with Crippen molar-refractivity contribution in [3.05, 3.63) is 67.8 Å². The van der Waals surface area contributed by atoms with Crippen LogP contribution in [0.2, 0.25) is 0 Å². The number of nitro benzene ring substituents is 2. The van der Waals surface area contributed by atoms with Crippen molar-refractivity contribution in [3.63, 3.8) is 0 Å². The number of hydrogen-bond acceptors (Lipinski definition) is 6. The van der Waals surface area contributed by atoms with Gasteiger partial charge in [0.15, 0.2) is 5.72 Å². The summed E-state index contributed by atoms with van der Waals surface area (Å²) in [5, 5.41) is 22.4. The molecule has 1 unspecified atom stereocenters. The average Bonchev–Trinajstić information content (AvgIpc) is 2.84. The number of fused-ring (bicyclic) bond motifs is 2. The molecule has 4 rings (SSSR count). The normalized spacial score (nSPS) is 21.8. The smallest absolute Gasteiger partial charge is 0.269 e. The Morgan fingerprint density at radius 2 is 1.71 bits per heavy atom. The quantitative estimate of drug-likeness (QED) is 0.577. The SMILES string of the molecule is CCN1c2ccc([N+](=O)[O-])cc2C(C)(C)C12CCc1cc([N+](=O)[O-])ccc1O2. The first kappa shape index (κ1) is 18.2. The van der Waals surface area contributed by atoms with Gasteiger partial charge in [-0.05, 0) is 44.9 Å². The van der Waals surface area contributed by atoms with Crippen LogP contribution >= 0.6 is 0 Å². The zero-order chi connectivity index (χ0) is 20.3. The summed E-state index contributed by atoms with van der Waals surface area (Å²) in [6.07, 6.45) is 1.26. The van der Waals surface area contributed by atoms with Crippen LogP contribution in [0, 0.1) is 20.2 Å². The van der Waals surface area contributed by atoms with Gasteiger partial charge >= 0.3 is 0 Å². The van der Waals surface area contributed by atoms with Gasteiger partial charge in [0.25, 0.3) is 11.4 Å². The predicted molar refractivity (Wildman–Crippen MR) is 104 cm³/mol. The van der Waals surface area contributed by atoms with Crippen LogP contribution in [-0.4, -0.2) is 22.1 Å². The molecule has 0 aromatic heterocycles. The van der Waals surface area contributed by atoms with Crippen molar-refractivity contribution >= 4 is 17.1 Å². The predicted octanol–water partition coefficient (Wildman–Crippen LogP) is 4.34. The van der Waals surface area contributed by atoms with Crippen LogP contribution in [0.15, 0.2) is 36.4 Å². The zero-order valence-corrected chi connectivity index (χ0v) is 16.0. The van der Waals surface area contributed by atoms with Gasteiger partial charge in [-0.3, -0.25) is 20.2 Å². The Morgan fingerprint density at radius 1 is 1.07 bits per heavy atom. The molecule has 0 bridgehead atoms. The van der Waals surface area contributed by atoms with Crippen LogP contribution in [0.25, 0.3) is 0 Å². The Kier molecular flexibility index (Phi) is 3.85. The first-order chi connectivity index (χ1) is 13.2. The van der Waals surface area contributed by atoms with Gasteiger partial charge in [-0.2, -0.15) is 0 Å². The molecule has 146 valence electrons. The minimum atomic E-state index is -0.706. The number of aryl methyl sites for hydroxylation is 1. The monoisotopic (exact) mass is 383 g/mol. The number of non-ortho nitro benzene ring substituents is 2. The van der Waals surface area contributed by atoms with Crippen molar-refractivity contribution < 1.29 is 14.6 Å². The van der Waals surface area contributed by atoms with Crippen LogP contribution in [0.3, 0.4) is 0 Å². The minimum absolute atomic E-state index is 0.0511. The van der Waals surface area contributed by atoms with E-state index in [0.717, 1.165) is 16.8 Å². The number of nitrogens with zero attached hydrogens (tertiary/aromatic N) is 3. The molecular weight excluding hydrogens is 362 g/mol. The number of hydrogen-bond donors (Lipinski definition) is 0. The van der Waals surface area contributed by atoms with Gasteiger partial charge in [0.1, 0.15) is 5.75 Å². The van der Waals surface area contributed by atoms with Crippen LogP contribution in [0.5, 0.6) is 5.75 Å². The van der Waals surface area contributed by atoms with E-state index in [9.17, 15) is 20.2 Å². The molecule has 8 heteroatoms. The number of nitro groups is 2. The molecule has 0 aliphatic carbocycles. The lowest BCUT2D eigenvalue weighted by Crippen LogP contribution is -2.61. The number of anilines is 1. The van der Waals surface area contributed by atoms with Crippen molar-refractivity contribution in [2.75, 3.05) is 11.4 Å². The van der Waals surface area contributed by atoms with Gasteiger partial charge in [-0.15, -0.1) is 0 Å². The van der Waals surface area contributed by atoms with E-state index in [1.165, 1.54) is 12.1 Å². The van der Waals surface area contributed by atoms with E-state index >= 15 is 0 Å².